The fourth-order valence-electron chi connectivity index (χ4n) is 2.43. The van der Waals surface area contributed by atoms with Crippen molar-refractivity contribution in [2.75, 3.05) is 39.5 Å². The van der Waals surface area contributed by atoms with Crippen molar-refractivity contribution < 1.29 is 28.7 Å². The topological polar surface area (TPSA) is 93.2 Å². The molecule has 0 unspecified atom stereocenters. The SMILES string of the molecule is O=C1C[C@H](S)C(=O)N1CCOCCOCCN1C(=O)C[C@H](S)C1=O. The molecular formula is C14H20N2O6S2. The minimum atomic E-state index is -0.548. The van der Waals surface area contributed by atoms with E-state index in [1.165, 1.54) is 0 Å². The van der Waals surface area contributed by atoms with Crippen molar-refractivity contribution in [3.8, 4) is 0 Å². The van der Waals surface area contributed by atoms with E-state index in [2.05, 4.69) is 25.3 Å². The van der Waals surface area contributed by atoms with Gasteiger partial charge in [-0.2, -0.15) is 25.3 Å². The molecule has 2 fully saturated rings. The molecule has 0 aliphatic carbocycles. The molecule has 0 aromatic carbocycles. The number of carbonyl (C=O) groups is 4. The highest BCUT2D eigenvalue weighted by Crippen LogP contribution is 2.17. The van der Waals surface area contributed by atoms with Gasteiger partial charge in [-0.05, 0) is 0 Å². The van der Waals surface area contributed by atoms with E-state index < -0.39 is 10.5 Å². The fraction of sp³-hybridized carbons (Fsp3) is 0.714. The van der Waals surface area contributed by atoms with Crippen molar-refractivity contribution in [3.05, 3.63) is 0 Å². The zero-order chi connectivity index (χ0) is 17.7. The van der Waals surface area contributed by atoms with E-state index in [4.69, 9.17) is 9.47 Å². The van der Waals surface area contributed by atoms with Crippen LogP contribution in [0.1, 0.15) is 12.8 Å². The van der Waals surface area contributed by atoms with Crippen molar-refractivity contribution in [3.63, 3.8) is 0 Å². The molecule has 2 rings (SSSR count). The molecule has 0 spiro atoms. The molecule has 134 valence electrons. The molecule has 0 saturated carbocycles. The Morgan fingerprint density at radius 2 is 1.12 bits per heavy atom. The molecule has 24 heavy (non-hydrogen) atoms. The van der Waals surface area contributed by atoms with Crippen LogP contribution in [0.25, 0.3) is 0 Å². The quantitative estimate of drug-likeness (QED) is 0.309. The predicted octanol–water partition coefficient (Wildman–Crippen LogP) is -0.866. The van der Waals surface area contributed by atoms with Gasteiger partial charge in [0.25, 0.3) is 0 Å². The zero-order valence-electron chi connectivity index (χ0n) is 13.0. The number of ether oxygens (including phenoxy) is 2. The predicted molar refractivity (Wildman–Crippen MR) is 89.9 cm³/mol. The van der Waals surface area contributed by atoms with Gasteiger partial charge in [0.05, 0.1) is 50.0 Å². The van der Waals surface area contributed by atoms with Gasteiger partial charge in [0.15, 0.2) is 0 Å². The van der Waals surface area contributed by atoms with Crippen LogP contribution in [0.15, 0.2) is 0 Å². The van der Waals surface area contributed by atoms with Crippen LogP contribution in [-0.2, 0) is 28.7 Å². The Morgan fingerprint density at radius 3 is 1.42 bits per heavy atom. The number of rotatable bonds is 9. The maximum atomic E-state index is 11.6. The Bertz CT molecular complexity index is 483. The number of likely N-dealkylation sites (tertiary alicyclic amines) is 2. The molecule has 0 bridgehead atoms. The lowest BCUT2D eigenvalue weighted by molar-refractivity contribution is -0.141. The van der Waals surface area contributed by atoms with Gasteiger partial charge in [-0.15, -0.1) is 0 Å². The minimum Gasteiger partial charge on any atom is -0.377 e. The molecule has 2 saturated heterocycles. The summed E-state index contributed by atoms with van der Waals surface area (Å²) in [5, 5.41) is -1.10. The van der Waals surface area contributed by atoms with Gasteiger partial charge in [-0.3, -0.25) is 29.0 Å². The summed E-state index contributed by atoms with van der Waals surface area (Å²) in [5.74, 6) is -1.04. The van der Waals surface area contributed by atoms with Gasteiger partial charge in [0, 0.05) is 12.8 Å². The maximum absolute atomic E-state index is 11.6. The van der Waals surface area contributed by atoms with Gasteiger partial charge in [-0.25, -0.2) is 0 Å². The normalized spacial score (nSPS) is 24.6. The summed E-state index contributed by atoms with van der Waals surface area (Å²) in [5.41, 5.74) is 0. The zero-order valence-corrected chi connectivity index (χ0v) is 14.8. The molecule has 0 aromatic rings. The van der Waals surface area contributed by atoms with Crippen LogP contribution < -0.4 is 0 Å². The van der Waals surface area contributed by atoms with Gasteiger partial charge in [-0.1, -0.05) is 0 Å². The number of hydrogen-bond acceptors (Lipinski definition) is 8. The fourth-order valence-corrected chi connectivity index (χ4v) is 3.03. The highest BCUT2D eigenvalue weighted by Gasteiger charge is 2.36. The third kappa shape index (κ3) is 4.71. The van der Waals surface area contributed by atoms with E-state index >= 15 is 0 Å². The smallest absolute Gasteiger partial charge is 0.242 e. The van der Waals surface area contributed by atoms with E-state index in [-0.39, 0.29) is 76.0 Å². The Balaban J connectivity index is 1.50. The van der Waals surface area contributed by atoms with Crippen molar-refractivity contribution in [2.45, 2.75) is 23.3 Å². The van der Waals surface area contributed by atoms with E-state index in [9.17, 15) is 19.2 Å². The van der Waals surface area contributed by atoms with Crippen LogP contribution in [0.5, 0.6) is 0 Å². The number of carbonyl (C=O) groups excluding carboxylic acids is 4. The summed E-state index contributed by atoms with van der Waals surface area (Å²) in [6, 6.07) is 0. The van der Waals surface area contributed by atoms with Crippen molar-refractivity contribution >= 4 is 48.9 Å². The van der Waals surface area contributed by atoms with Crippen molar-refractivity contribution in [1.29, 1.82) is 0 Å². The highest BCUT2D eigenvalue weighted by atomic mass is 32.1. The standard InChI is InChI=1S/C14H20N2O6S2/c17-11-7-9(23)13(19)15(11)1-3-21-5-6-22-4-2-16-12(18)8-10(24)14(16)20/h9-10,23-24H,1-8H2/t9-,10-/m0/s1. The van der Waals surface area contributed by atoms with E-state index in [0.717, 1.165) is 9.80 Å². The molecule has 0 N–H and O–H groups in total. The van der Waals surface area contributed by atoms with Crippen LogP contribution in [0.3, 0.4) is 0 Å². The second-order valence-corrected chi connectivity index (χ2v) is 6.68. The Kier molecular flexibility index (Phi) is 7.08. The lowest BCUT2D eigenvalue weighted by Crippen LogP contribution is -2.34. The maximum Gasteiger partial charge on any atom is 0.242 e. The molecule has 2 heterocycles. The molecule has 2 aliphatic rings. The average molecular weight is 376 g/mol. The average Bonchev–Trinajstić information content (AvgIpc) is 2.91. The summed E-state index contributed by atoms with van der Waals surface area (Å²) in [6.45, 7) is 1.44. The number of amides is 4. The molecule has 2 atom stereocenters. The Hall–Kier alpha value is -1.10. The molecule has 2 aliphatic heterocycles. The molecule has 8 nitrogen and oxygen atoms in total. The Labute approximate surface area is 150 Å². The van der Waals surface area contributed by atoms with Crippen LogP contribution >= 0.6 is 25.3 Å². The monoisotopic (exact) mass is 376 g/mol. The number of thiol groups is 2. The third-order valence-electron chi connectivity index (χ3n) is 3.73. The largest absolute Gasteiger partial charge is 0.377 e. The first-order valence-electron chi connectivity index (χ1n) is 7.62. The van der Waals surface area contributed by atoms with E-state index in [1.54, 1.807) is 0 Å². The van der Waals surface area contributed by atoms with Crippen LogP contribution in [0.2, 0.25) is 0 Å². The van der Waals surface area contributed by atoms with Gasteiger partial charge in [0.2, 0.25) is 23.6 Å². The van der Waals surface area contributed by atoms with Gasteiger partial charge >= 0.3 is 0 Å². The number of imide groups is 2. The summed E-state index contributed by atoms with van der Waals surface area (Å²) >= 11 is 8.07. The molecule has 10 heteroatoms. The first-order valence-corrected chi connectivity index (χ1v) is 8.65. The number of hydrogen-bond donors (Lipinski definition) is 2. The van der Waals surface area contributed by atoms with Gasteiger partial charge < -0.3 is 9.47 Å². The first kappa shape index (κ1) is 19.2. The highest BCUT2D eigenvalue weighted by molar-refractivity contribution is 7.82. The number of nitrogens with zero attached hydrogens (tertiary/aromatic N) is 2. The lowest BCUT2D eigenvalue weighted by atomic mass is 10.4. The second-order valence-electron chi connectivity index (χ2n) is 5.43. The van der Waals surface area contributed by atoms with Crippen LogP contribution in [-0.4, -0.2) is 83.4 Å². The minimum absolute atomic E-state index is 0.131. The van der Waals surface area contributed by atoms with E-state index in [1.807, 2.05) is 0 Å². The molecule has 0 aromatic heterocycles. The summed E-state index contributed by atoms with van der Waals surface area (Å²) in [6.07, 6.45) is 0.262. The second kappa shape index (κ2) is 8.84. The first-order chi connectivity index (χ1) is 11.4. The van der Waals surface area contributed by atoms with Crippen LogP contribution in [0, 0.1) is 0 Å². The molecule has 4 amide bonds. The third-order valence-corrected chi connectivity index (χ3v) is 4.54. The van der Waals surface area contributed by atoms with E-state index in [0.29, 0.717) is 0 Å². The summed E-state index contributed by atoms with van der Waals surface area (Å²) in [7, 11) is 0. The van der Waals surface area contributed by atoms with Crippen molar-refractivity contribution in [2.24, 2.45) is 0 Å². The van der Waals surface area contributed by atoms with Crippen molar-refractivity contribution in [1.82, 2.24) is 9.80 Å². The lowest BCUT2D eigenvalue weighted by Gasteiger charge is -2.15. The van der Waals surface area contributed by atoms with Gasteiger partial charge in [0.1, 0.15) is 0 Å². The Morgan fingerprint density at radius 1 is 0.750 bits per heavy atom. The molecular weight excluding hydrogens is 356 g/mol. The molecule has 0 radical (unpaired) electrons. The summed E-state index contributed by atoms with van der Waals surface area (Å²) in [4.78, 5) is 48.5. The summed E-state index contributed by atoms with van der Waals surface area (Å²) < 4.78 is 10.6. The van der Waals surface area contributed by atoms with Crippen LogP contribution in [0.4, 0.5) is 0 Å².